The van der Waals surface area contributed by atoms with E-state index >= 15 is 0 Å². The van der Waals surface area contributed by atoms with Crippen LogP contribution in [0, 0.1) is 5.92 Å². The van der Waals surface area contributed by atoms with Crippen molar-refractivity contribution in [3.63, 3.8) is 0 Å². The smallest absolute Gasteiger partial charge is 0.223 e. The van der Waals surface area contributed by atoms with Gasteiger partial charge in [0.1, 0.15) is 0 Å². The molecule has 0 saturated carbocycles. The molecular weight excluding hydrogens is 369 g/mol. The maximum Gasteiger partial charge on any atom is 0.223 e. The van der Waals surface area contributed by atoms with Crippen molar-refractivity contribution in [2.45, 2.75) is 13.0 Å². The number of benzene rings is 1. The molecule has 1 aromatic carbocycles. The molecule has 0 N–H and O–H groups in total. The number of halogens is 3. The molecule has 1 amide bonds. The summed E-state index contributed by atoms with van der Waals surface area (Å²) in [6.45, 7) is 1.41. The van der Waals surface area contributed by atoms with E-state index in [1.165, 1.54) is 0 Å². The van der Waals surface area contributed by atoms with E-state index in [0.717, 1.165) is 21.9 Å². The molecule has 1 aromatic rings. The van der Waals surface area contributed by atoms with Gasteiger partial charge in [0.2, 0.25) is 5.91 Å². The lowest BCUT2D eigenvalue weighted by Crippen LogP contribution is -2.24. The second kappa shape index (κ2) is 5.72. The largest absolute Gasteiger partial charge is 0.338 e. The van der Waals surface area contributed by atoms with Crippen molar-refractivity contribution in [1.82, 2.24) is 4.90 Å². The minimum atomic E-state index is 0.213. The summed E-state index contributed by atoms with van der Waals surface area (Å²) in [5.41, 5.74) is 0.990. The minimum absolute atomic E-state index is 0.213. The fourth-order valence-corrected chi connectivity index (χ4v) is 3.00. The van der Waals surface area contributed by atoms with Gasteiger partial charge in [0.15, 0.2) is 0 Å². The van der Waals surface area contributed by atoms with E-state index in [2.05, 4.69) is 31.9 Å². The Kier molecular flexibility index (Phi) is 4.50. The van der Waals surface area contributed by atoms with Gasteiger partial charge < -0.3 is 4.90 Å². The Bertz CT molecular complexity index is 439. The van der Waals surface area contributed by atoms with E-state index < -0.39 is 0 Å². The van der Waals surface area contributed by atoms with Gasteiger partial charge in [-0.2, -0.15) is 0 Å². The van der Waals surface area contributed by atoms with Crippen LogP contribution in [0.2, 0.25) is 5.02 Å². The summed E-state index contributed by atoms with van der Waals surface area (Å²) in [5.74, 6) is 0.638. The van der Waals surface area contributed by atoms with Gasteiger partial charge in [-0.1, -0.05) is 43.5 Å². The Balaban J connectivity index is 2.11. The third-order valence-electron chi connectivity index (χ3n) is 2.88. The van der Waals surface area contributed by atoms with Crippen LogP contribution in [0.25, 0.3) is 0 Å². The molecule has 17 heavy (non-hydrogen) atoms. The molecule has 0 bridgehead atoms. The molecule has 5 heteroatoms. The third kappa shape index (κ3) is 3.24. The summed E-state index contributed by atoms with van der Waals surface area (Å²) < 4.78 is 0.987. The predicted molar refractivity (Wildman–Crippen MR) is 76.5 cm³/mol. The van der Waals surface area contributed by atoms with Crippen molar-refractivity contribution in [1.29, 1.82) is 0 Å². The van der Waals surface area contributed by atoms with Gasteiger partial charge in [0.25, 0.3) is 0 Å². The monoisotopic (exact) mass is 379 g/mol. The van der Waals surface area contributed by atoms with Crippen molar-refractivity contribution in [3.05, 3.63) is 33.3 Å². The van der Waals surface area contributed by atoms with E-state index in [9.17, 15) is 4.79 Å². The van der Waals surface area contributed by atoms with Gasteiger partial charge in [-0.05, 0) is 29.7 Å². The number of hydrogen-bond donors (Lipinski definition) is 0. The predicted octanol–water partition coefficient (Wildman–Crippen LogP) is 3.85. The van der Waals surface area contributed by atoms with Crippen LogP contribution in [0.1, 0.15) is 12.0 Å². The van der Waals surface area contributed by atoms with E-state index in [1.807, 2.05) is 23.1 Å². The van der Waals surface area contributed by atoms with Crippen LogP contribution in [0.4, 0.5) is 0 Å². The maximum absolute atomic E-state index is 11.8. The Morgan fingerprint density at radius 1 is 1.47 bits per heavy atom. The van der Waals surface area contributed by atoms with Gasteiger partial charge in [-0.3, -0.25) is 4.79 Å². The Morgan fingerprint density at radius 3 is 2.88 bits per heavy atom. The Morgan fingerprint density at radius 2 is 2.24 bits per heavy atom. The SMILES string of the molecule is O=C1CC(CBr)CN1Cc1cc(Br)ccc1Cl. The Hall–Kier alpha value is -0.0600. The van der Waals surface area contributed by atoms with Gasteiger partial charge in [-0.25, -0.2) is 0 Å². The molecule has 0 radical (unpaired) electrons. The molecule has 1 aliphatic heterocycles. The Labute approximate surface area is 123 Å². The number of amides is 1. The molecule has 1 heterocycles. The van der Waals surface area contributed by atoms with Crippen LogP contribution in [-0.4, -0.2) is 22.7 Å². The molecule has 1 saturated heterocycles. The number of carbonyl (C=O) groups is 1. The molecule has 0 aromatic heterocycles. The average Bonchev–Trinajstić information content (AvgIpc) is 2.65. The number of hydrogen-bond acceptors (Lipinski definition) is 1. The van der Waals surface area contributed by atoms with Crippen LogP contribution in [-0.2, 0) is 11.3 Å². The van der Waals surface area contributed by atoms with Gasteiger partial charge >= 0.3 is 0 Å². The number of alkyl halides is 1. The van der Waals surface area contributed by atoms with Crippen molar-refractivity contribution in [2.24, 2.45) is 5.92 Å². The van der Waals surface area contributed by atoms with E-state index in [-0.39, 0.29) is 5.91 Å². The molecule has 2 nitrogen and oxygen atoms in total. The minimum Gasteiger partial charge on any atom is -0.338 e. The zero-order valence-electron chi connectivity index (χ0n) is 9.13. The lowest BCUT2D eigenvalue weighted by molar-refractivity contribution is -0.128. The first-order valence-electron chi connectivity index (χ1n) is 5.38. The van der Waals surface area contributed by atoms with E-state index in [0.29, 0.717) is 23.9 Å². The lowest BCUT2D eigenvalue weighted by Gasteiger charge is -2.17. The van der Waals surface area contributed by atoms with Crippen LogP contribution < -0.4 is 0 Å². The van der Waals surface area contributed by atoms with Gasteiger partial charge in [0.05, 0.1) is 0 Å². The highest BCUT2D eigenvalue weighted by atomic mass is 79.9. The molecular formula is C12H12Br2ClNO. The quantitative estimate of drug-likeness (QED) is 0.729. The molecule has 1 unspecified atom stereocenters. The zero-order valence-corrected chi connectivity index (χ0v) is 13.1. The summed E-state index contributed by atoms with van der Waals surface area (Å²) in [7, 11) is 0. The summed E-state index contributed by atoms with van der Waals surface area (Å²) in [6, 6.07) is 5.72. The number of likely N-dealkylation sites (tertiary alicyclic amines) is 1. The highest BCUT2D eigenvalue weighted by Gasteiger charge is 2.28. The summed E-state index contributed by atoms with van der Waals surface area (Å²) in [5, 5.41) is 1.59. The highest BCUT2D eigenvalue weighted by molar-refractivity contribution is 9.10. The second-order valence-corrected chi connectivity index (χ2v) is 6.20. The average molecular weight is 381 g/mol. The maximum atomic E-state index is 11.8. The summed E-state index contributed by atoms with van der Waals surface area (Å²) in [4.78, 5) is 13.7. The van der Waals surface area contributed by atoms with Crippen LogP contribution >= 0.6 is 43.5 Å². The highest BCUT2D eigenvalue weighted by Crippen LogP contribution is 2.26. The number of rotatable bonds is 3. The third-order valence-corrected chi connectivity index (χ3v) is 4.66. The second-order valence-electron chi connectivity index (χ2n) is 4.23. The first-order valence-corrected chi connectivity index (χ1v) is 7.67. The van der Waals surface area contributed by atoms with Crippen molar-refractivity contribution < 1.29 is 4.79 Å². The number of carbonyl (C=O) groups excluding carboxylic acids is 1. The number of nitrogens with zero attached hydrogens (tertiary/aromatic N) is 1. The van der Waals surface area contributed by atoms with Crippen LogP contribution in [0.15, 0.2) is 22.7 Å². The first kappa shape index (κ1) is 13.4. The lowest BCUT2D eigenvalue weighted by atomic mass is 10.2. The zero-order chi connectivity index (χ0) is 12.4. The van der Waals surface area contributed by atoms with Crippen LogP contribution in [0.5, 0.6) is 0 Å². The topological polar surface area (TPSA) is 20.3 Å². The van der Waals surface area contributed by atoms with Crippen molar-refractivity contribution in [2.75, 3.05) is 11.9 Å². The molecule has 1 aliphatic rings. The summed E-state index contributed by atoms with van der Waals surface area (Å²) >= 11 is 13.0. The van der Waals surface area contributed by atoms with E-state index in [1.54, 1.807) is 0 Å². The van der Waals surface area contributed by atoms with Crippen molar-refractivity contribution >= 4 is 49.4 Å². The van der Waals surface area contributed by atoms with Gasteiger partial charge in [-0.15, -0.1) is 0 Å². The molecule has 1 atom stereocenters. The summed E-state index contributed by atoms with van der Waals surface area (Å²) in [6.07, 6.45) is 0.636. The van der Waals surface area contributed by atoms with E-state index in [4.69, 9.17) is 11.6 Å². The fourth-order valence-electron chi connectivity index (χ4n) is 1.98. The molecule has 2 rings (SSSR count). The van der Waals surface area contributed by atoms with Crippen LogP contribution in [0.3, 0.4) is 0 Å². The fraction of sp³-hybridized carbons (Fsp3) is 0.417. The standard InChI is InChI=1S/C12H12Br2ClNO/c13-5-8-3-12(17)16(6-8)7-9-4-10(14)1-2-11(9)15/h1-2,4,8H,3,5-7H2. The molecule has 1 fully saturated rings. The van der Waals surface area contributed by atoms with Crippen molar-refractivity contribution in [3.8, 4) is 0 Å². The molecule has 0 aliphatic carbocycles. The molecule has 0 spiro atoms. The normalized spacial score (nSPS) is 20.1. The van der Waals surface area contributed by atoms with Gasteiger partial charge in [0, 0.05) is 34.3 Å². The molecule has 92 valence electrons. The first-order chi connectivity index (χ1) is 8.10.